The molecule has 19 heavy (non-hydrogen) atoms. The minimum absolute atomic E-state index is 0.260. The summed E-state index contributed by atoms with van der Waals surface area (Å²) in [6.45, 7) is 8.68. The third-order valence-corrected chi connectivity index (χ3v) is 4.18. The van der Waals surface area contributed by atoms with Crippen LogP contribution < -0.4 is 5.73 Å². The van der Waals surface area contributed by atoms with Crippen LogP contribution in [0.4, 0.5) is 0 Å². The van der Waals surface area contributed by atoms with Crippen molar-refractivity contribution in [2.45, 2.75) is 64.1 Å². The zero-order valence-electron chi connectivity index (χ0n) is 12.4. The molecule has 1 aliphatic heterocycles. The molecule has 0 radical (unpaired) electrons. The van der Waals surface area contributed by atoms with Crippen LogP contribution in [0.5, 0.6) is 0 Å². The summed E-state index contributed by atoms with van der Waals surface area (Å²) in [5, 5.41) is 9.15. The Bertz CT molecular complexity index is 298. The minimum Gasteiger partial charge on any atom is -0.480 e. The van der Waals surface area contributed by atoms with E-state index in [4.69, 9.17) is 15.6 Å². The Kier molecular flexibility index (Phi) is 6.23. The second-order valence-electron chi connectivity index (χ2n) is 5.62. The van der Waals surface area contributed by atoms with Crippen molar-refractivity contribution in [3.8, 4) is 0 Å². The summed E-state index contributed by atoms with van der Waals surface area (Å²) in [6.07, 6.45) is 3.14. The number of morpholine rings is 1. The van der Waals surface area contributed by atoms with Gasteiger partial charge in [-0.3, -0.25) is 9.69 Å². The van der Waals surface area contributed by atoms with E-state index in [1.54, 1.807) is 0 Å². The van der Waals surface area contributed by atoms with Crippen LogP contribution in [0.3, 0.4) is 0 Å². The Hall–Kier alpha value is -0.650. The highest BCUT2D eigenvalue weighted by Crippen LogP contribution is 2.18. The highest BCUT2D eigenvalue weighted by molar-refractivity contribution is 5.78. The normalized spacial score (nSPS) is 28.0. The van der Waals surface area contributed by atoms with Gasteiger partial charge in [0.2, 0.25) is 0 Å². The van der Waals surface area contributed by atoms with E-state index in [0.29, 0.717) is 18.9 Å². The predicted molar refractivity (Wildman–Crippen MR) is 75.1 cm³/mol. The van der Waals surface area contributed by atoms with Crippen LogP contribution in [0.2, 0.25) is 0 Å². The Morgan fingerprint density at radius 1 is 1.53 bits per heavy atom. The molecule has 0 aliphatic carbocycles. The van der Waals surface area contributed by atoms with Crippen molar-refractivity contribution in [2.75, 3.05) is 19.7 Å². The zero-order valence-corrected chi connectivity index (χ0v) is 12.4. The van der Waals surface area contributed by atoms with Crippen LogP contribution in [-0.2, 0) is 9.53 Å². The van der Waals surface area contributed by atoms with Gasteiger partial charge >= 0.3 is 5.97 Å². The number of nitrogens with zero attached hydrogens (tertiary/aromatic N) is 1. The molecule has 0 aromatic carbocycles. The van der Waals surface area contributed by atoms with E-state index in [1.165, 1.54) is 0 Å². The standard InChI is InChI=1S/C14H28N2O3/c1-4-12-10-19-11(3)9-16(12)8-6-7-14(15,5-2)13(17)18/h11-12H,4-10,15H2,1-3H3,(H,17,18). The number of aliphatic carboxylic acids is 1. The number of hydrogen-bond donors (Lipinski definition) is 2. The van der Waals surface area contributed by atoms with Gasteiger partial charge in [0.05, 0.1) is 12.7 Å². The lowest BCUT2D eigenvalue weighted by atomic mass is 9.91. The van der Waals surface area contributed by atoms with Crippen LogP contribution >= 0.6 is 0 Å². The maximum absolute atomic E-state index is 11.1. The van der Waals surface area contributed by atoms with E-state index in [0.717, 1.165) is 32.5 Å². The van der Waals surface area contributed by atoms with Crippen molar-refractivity contribution < 1.29 is 14.6 Å². The van der Waals surface area contributed by atoms with Crippen molar-refractivity contribution in [1.82, 2.24) is 4.90 Å². The molecule has 1 fully saturated rings. The molecule has 1 rings (SSSR count). The first kappa shape index (κ1) is 16.4. The third-order valence-electron chi connectivity index (χ3n) is 4.18. The molecule has 5 heteroatoms. The van der Waals surface area contributed by atoms with E-state index in [2.05, 4.69) is 18.7 Å². The molecule has 5 nitrogen and oxygen atoms in total. The van der Waals surface area contributed by atoms with E-state index in [1.807, 2.05) is 6.92 Å². The van der Waals surface area contributed by atoms with Gasteiger partial charge < -0.3 is 15.6 Å². The van der Waals surface area contributed by atoms with Gasteiger partial charge in [-0.25, -0.2) is 0 Å². The molecular weight excluding hydrogens is 244 g/mol. The number of carboxylic acid groups (broad SMARTS) is 1. The second kappa shape index (κ2) is 7.22. The monoisotopic (exact) mass is 272 g/mol. The van der Waals surface area contributed by atoms with E-state index in [9.17, 15) is 4.79 Å². The van der Waals surface area contributed by atoms with Gasteiger partial charge in [0.25, 0.3) is 0 Å². The molecule has 0 amide bonds. The summed E-state index contributed by atoms with van der Waals surface area (Å²) in [5.41, 5.74) is 4.84. The van der Waals surface area contributed by atoms with Gasteiger partial charge in [-0.2, -0.15) is 0 Å². The number of ether oxygens (including phenoxy) is 1. The van der Waals surface area contributed by atoms with Crippen LogP contribution in [-0.4, -0.2) is 53.4 Å². The number of rotatable bonds is 7. The average molecular weight is 272 g/mol. The molecule has 0 aromatic heterocycles. The highest BCUT2D eigenvalue weighted by Gasteiger charge is 2.32. The van der Waals surface area contributed by atoms with Crippen molar-refractivity contribution in [2.24, 2.45) is 5.73 Å². The van der Waals surface area contributed by atoms with Gasteiger partial charge in [-0.1, -0.05) is 13.8 Å². The quantitative estimate of drug-likeness (QED) is 0.734. The van der Waals surface area contributed by atoms with E-state index >= 15 is 0 Å². The molecule has 3 unspecified atom stereocenters. The summed E-state index contributed by atoms with van der Waals surface area (Å²) in [4.78, 5) is 13.6. The second-order valence-corrected chi connectivity index (χ2v) is 5.62. The molecule has 0 bridgehead atoms. The minimum atomic E-state index is -1.07. The van der Waals surface area contributed by atoms with Crippen molar-refractivity contribution in [1.29, 1.82) is 0 Å². The van der Waals surface area contributed by atoms with E-state index in [-0.39, 0.29) is 6.10 Å². The fourth-order valence-corrected chi connectivity index (χ4v) is 2.60. The van der Waals surface area contributed by atoms with Gasteiger partial charge in [-0.05, 0) is 39.2 Å². The molecule has 1 saturated heterocycles. The first-order valence-corrected chi connectivity index (χ1v) is 7.30. The molecule has 1 heterocycles. The van der Waals surface area contributed by atoms with Crippen LogP contribution in [0.25, 0.3) is 0 Å². The average Bonchev–Trinajstić information content (AvgIpc) is 2.38. The molecule has 0 spiro atoms. The lowest BCUT2D eigenvalue weighted by molar-refractivity contribution is -0.143. The van der Waals surface area contributed by atoms with Crippen LogP contribution in [0, 0.1) is 0 Å². The fourth-order valence-electron chi connectivity index (χ4n) is 2.60. The summed E-state index contributed by atoms with van der Waals surface area (Å²) < 4.78 is 5.66. The summed E-state index contributed by atoms with van der Waals surface area (Å²) in [7, 11) is 0. The Balaban J connectivity index is 2.44. The van der Waals surface area contributed by atoms with Crippen molar-refractivity contribution in [3.63, 3.8) is 0 Å². The summed E-state index contributed by atoms with van der Waals surface area (Å²) >= 11 is 0. The van der Waals surface area contributed by atoms with Crippen LogP contribution in [0.1, 0.15) is 46.5 Å². The summed E-state index contributed by atoms with van der Waals surface area (Å²) in [6, 6.07) is 0.454. The topological polar surface area (TPSA) is 75.8 Å². The first-order valence-electron chi connectivity index (χ1n) is 7.30. The van der Waals surface area contributed by atoms with E-state index < -0.39 is 11.5 Å². The first-order chi connectivity index (χ1) is 8.92. The smallest absolute Gasteiger partial charge is 0.323 e. The maximum Gasteiger partial charge on any atom is 0.323 e. The SMILES string of the molecule is CCC1COC(C)CN1CCCC(N)(CC)C(=O)O. The van der Waals surface area contributed by atoms with Gasteiger partial charge in [-0.15, -0.1) is 0 Å². The van der Waals surface area contributed by atoms with Gasteiger partial charge in [0.1, 0.15) is 5.54 Å². The number of hydrogen-bond acceptors (Lipinski definition) is 4. The lowest BCUT2D eigenvalue weighted by Crippen LogP contribution is -2.50. The molecule has 1 aliphatic rings. The third kappa shape index (κ3) is 4.44. The molecule has 3 atom stereocenters. The highest BCUT2D eigenvalue weighted by atomic mass is 16.5. The number of carbonyl (C=O) groups is 1. The van der Waals surface area contributed by atoms with Crippen LogP contribution in [0.15, 0.2) is 0 Å². The molecule has 112 valence electrons. The number of carboxylic acids is 1. The Morgan fingerprint density at radius 2 is 2.21 bits per heavy atom. The Labute approximate surface area is 116 Å². The fraction of sp³-hybridized carbons (Fsp3) is 0.929. The number of nitrogens with two attached hydrogens (primary N) is 1. The molecule has 0 saturated carbocycles. The predicted octanol–water partition coefficient (Wildman–Crippen LogP) is 1.46. The van der Waals surface area contributed by atoms with Gasteiger partial charge in [0.15, 0.2) is 0 Å². The lowest BCUT2D eigenvalue weighted by Gasteiger charge is -2.38. The summed E-state index contributed by atoms with van der Waals surface area (Å²) in [5.74, 6) is -0.891. The van der Waals surface area contributed by atoms with Gasteiger partial charge in [0, 0.05) is 12.6 Å². The van der Waals surface area contributed by atoms with Crippen molar-refractivity contribution >= 4 is 5.97 Å². The zero-order chi connectivity index (χ0) is 14.5. The largest absolute Gasteiger partial charge is 0.480 e. The van der Waals surface area contributed by atoms with Crippen molar-refractivity contribution in [3.05, 3.63) is 0 Å². The Morgan fingerprint density at radius 3 is 2.74 bits per heavy atom. The molecule has 3 N–H and O–H groups in total. The maximum atomic E-state index is 11.1. The molecular formula is C14H28N2O3. The molecule has 0 aromatic rings.